The highest BCUT2D eigenvalue weighted by atomic mass is 35.5. The van der Waals surface area contributed by atoms with E-state index in [1.807, 2.05) is 6.92 Å². The molecule has 5 rings (SSSR count). The summed E-state index contributed by atoms with van der Waals surface area (Å²) in [6, 6.07) is 10.2. The molecule has 0 aliphatic heterocycles. The first-order valence-electron chi connectivity index (χ1n) is 13.5. The van der Waals surface area contributed by atoms with Crippen LogP contribution in [-0.2, 0) is 12.7 Å². The summed E-state index contributed by atoms with van der Waals surface area (Å²) in [5, 5.41) is 28.7. The molecule has 4 aromatic rings. The summed E-state index contributed by atoms with van der Waals surface area (Å²) in [7, 11) is 1.79. The first kappa shape index (κ1) is 32.1. The molecule has 3 aromatic heterocycles. The number of benzene rings is 1. The minimum absolute atomic E-state index is 0.0761. The van der Waals surface area contributed by atoms with Crippen LogP contribution in [0.4, 0.5) is 18.9 Å². The van der Waals surface area contributed by atoms with Crippen molar-refractivity contribution in [1.82, 2.24) is 40.3 Å². The molecular formula is C28H28ClF3N10O2. The second-order valence-electron chi connectivity index (χ2n) is 10.1. The van der Waals surface area contributed by atoms with Gasteiger partial charge in [-0.1, -0.05) is 18.0 Å². The van der Waals surface area contributed by atoms with Crippen molar-refractivity contribution in [2.45, 2.75) is 51.9 Å². The number of anilines is 1. The smallest absolute Gasteiger partial charge is 0.387 e. The van der Waals surface area contributed by atoms with Gasteiger partial charge >= 0.3 is 6.18 Å². The summed E-state index contributed by atoms with van der Waals surface area (Å²) in [5.74, 6) is -0.591. The van der Waals surface area contributed by atoms with Gasteiger partial charge in [-0.15, -0.1) is 5.10 Å². The van der Waals surface area contributed by atoms with Crippen LogP contribution in [0.15, 0.2) is 36.5 Å². The first-order valence-corrected chi connectivity index (χ1v) is 13.9. The molecular weight excluding hydrogens is 601 g/mol. The molecule has 0 bridgehead atoms. The SMILES string of the molecule is CNc1c(C)cc(C#N)cc1C(=O)NC(C)C1CCC1.O=Cc1cc(Cn2nnnc2C(F)(F)F)nn1-c1ncccc1Cl. The molecule has 1 amide bonds. The summed E-state index contributed by atoms with van der Waals surface area (Å²) < 4.78 is 40.0. The highest BCUT2D eigenvalue weighted by Gasteiger charge is 2.38. The van der Waals surface area contributed by atoms with E-state index in [0.29, 0.717) is 28.0 Å². The zero-order valence-corrected chi connectivity index (χ0v) is 24.7. The highest BCUT2D eigenvalue weighted by Crippen LogP contribution is 2.30. The molecule has 1 atom stereocenters. The van der Waals surface area contributed by atoms with Gasteiger partial charge in [-0.05, 0) is 78.9 Å². The summed E-state index contributed by atoms with van der Waals surface area (Å²) >= 11 is 6.00. The number of hydrogen-bond acceptors (Lipinski definition) is 9. The van der Waals surface area contributed by atoms with E-state index in [0.717, 1.165) is 15.9 Å². The Morgan fingerprint density at radius 3 is 2.64 bits per heavy atom. The molecule has 12 nitrogen and oxygen atoms in total. The number of halogens is 4. The van der Waals surface area contributed by atoms with Gasteiger partial charge in [-0.25, -0.2) is 14.3 Å². The van der Waals surface area contributed by atoms with Gasteiger partial charge in [-0.2, -0.15) is 23.5 Å². The van der Waals surface area contributed by atoms with E-state index in [2.05, 4.69) is 49.2 Å². The van der Waals surface area contributed by atoms with Crippen molar-refractivity contribution in [3.8, 4) is 11.9 Å². The van der Waals surface area contributed by atoms with Crippen molar-refractivity contribution >= 4 is 29.5 Å². The number of aldehydes is 1. The summed E-state index contributed by atoms with van der Waals surface area (Å²) in [5.41, 5.74) is 2.98. The average Bonchev–Trinajstić information content (AvgIpc) is 3.59. The maximum Gasteiger partial charge on any atom is 0.453 e. The van der Waals surface area contributed by atoms with Crippen LogP contribution in [0.1, 0.15) is 69.7 Å². The molecule has 1 saturated carbocycles. The van der Waals surface area contributed by atoms with E-state index >= 15 is 0 Å². The number of amides is 1. The average molecular weight is 629 g/mol. The lowest BCUT2D eigenvalue weighted by Gasteiger charge is -2.32. The molecule has 0 spiro atoms. The molecule has 1 aromatic carbocycles. The Morgan fingerprint density at radius 2 is 2.05 bits per heavy atom. The van der Waals surface area contributed by atoms with Gasteiger partial charge in [-0.3, -0.25) is 9.59 Å². The van der Waals surface area contributed by atoms with Crippen molar-refractivity contribution < 1.29 is 22.8 Å². The number of alkyl halides is 3. The topological polar surface area (TPSA) is 156 Å². The second-order valence-corrected chi connectivity index (χ2v) is 10.5. The molecule has 16 heteroatoms. The fourth-order valence-corrected chi connectivity index (χ4v) is 4.89. The maximum absolute atomic E-state index is 12.8. The maximum atomic E-state index is 12.8. The fraction of sp³-hybridized carbons (Fsp3) is 0.357. The predicted molar refractivity (Wildman–Crippen MR) is 153 cm³/mol. The van der Waals surface area contributed by atoms with Gasteiger partial charge in [0.2, 0.25) is 0 Å². The Labute approximate surface area is 255 Å². The highest BCUT2D eigenvalue weighted by molar-refractivity contribution is 6.32. The van der Waals surface area contributed by atoms with Crippen molar-refractivity contribution in [2.75, 3.05) is 12.4 Å². The van der Waals surface area contributed by atoms with E-state index in [1.54, 1.807) is 31.3 Å². The number of tetrazole rings is 1. The standard InChI is InChI=1S/C16H21N3O.C12H7ClF3N7O/c1-10-7-12(9-17)8-14(15(10)18-3)16(20)19-11(2)13-5-4-6-13;13-9-2-1-3-17-10(9)23-8(6-24)4-7(19-23)5-22-11(12(14,15)16)18-20-21-22/h7-8,11,13,18H,4-6H2,1-3H3,(H,19,20);1-4,6H,5H2. The Bertz CT molecular complexity index is 1690. The van der Waals surface area contributed by atoms with Crippen LogP contribution in [0.5, 0.6) is 0 Å². The van der Waals surface area contributed by atoms with Crippen LogP contribution in [0.25, 0.3) is 5.82 Å². The normalized spacial score (nSPS) is 13.6. The van der Waals surface area contributed by atoms with Crippen LogP contribution >= 0.6 is 11.6 Å². The molecule has 230 valence electrons. The van der Waals surface area contributed by atoms with E-state index in [-0.39, 0.29) is 40.7 Å². The molecule has 0 radical (unpaired) electrons. The molecule has 0 saturated heterocycles. The Balaban J connectivity index is 0.000000204. The molecule has 3 heterocycles. The van der Waals surface area contributed by atoms with Crippen LogP contribution in [0.3, 0.4) is 0 Å². The van der Waals surface area contributed by atoms with Crippen molar-refractivity contribution in [3.63, 3.8) is 0 Å². The quantitative estimate of drug-likeness (QED) is 0.266. The van der Waals surface area contributed by atoms with E-state index in [1.165, 1.54) is 31.5 Å². The monoisotopic (exact) mass is 628 g/mol. The molecule has 2 N–H and O–H groups in total. The lowest BCUT2D eigenvalue weighted by molar-refractivity contribution is -0.147. The van der Waals surface area contributed by atoms with Gasteiger partial charge in [0.05, 0.1) is 34.5 Å². The third kappa shape index (κ3) is 7.20. The number of nitriles is 1. The molecule has 44 heavy (non-hydrogen) atoms. The van der Waals surface area contributed by atoms with E-state index < -0.39 is 12.0 Å². The lowest BCUT2D eigenvalue weighted by Crippen LogP contribution is -2.40. The number of carbonyl (C=O) groups excluding carboxylic acids is 2. The molecule has 1 aliphatic carbocycles. The number of aryl methyl sites for hydroxylation is 1. The predicted octanol–water partition coefficient (Wildman–Crippen LogP) is 4.61. The Kier molecular flexibility index (Phi) is 9.94. The number of carbonyl (C=O) groups is 2. The number of nitrogens with zero attached hydrogens (tertiary/aromatic N) is 8. The van der Waals surface area contributed by atoms with Gasteiger partial charge in [0.25, 0.3) is 11.7 Å². The lowest BCUT2D eigenvalue weighted by atomic mass is 9.80. The third-order valence-corrected chi connectivity index (χ3v) is 7.42. The van der Waals surface area contributed by atoms with Gasteiger partial charge in [0.1, 0.15) is 5.69 Å². The minimum Gasteiger partial charge on any atom is -0.387 e. The number of nitrogens with one attached hydrogen (secondary N) is 2. The largest absolute Gasteiger partial charge is 0.453 e. The van der Waals surface area contributed by atoms with Gasteiger partial charge in [0.15, 0.2) is 12.1 Å². The van der Waals surface area contributed by atoms with Crippen LogP contribution in [0, 0.1) is 24.2 Å². The minimum atomic E-state index is -4.70. The second kappa shape index (κ2) is 13.6. The van der Waals surface area contributed by atoms with Crippen molar-refractivity contribution in [1.29, 1.82) is 5.26 Å². The van der Waals surface area contributed by atoms with Crippen LogP contribution in [0.2, 0.25) is 5.02 Å². The Morgan fingerprint density at radius 1 is 1.30 bits per heavy atom. The summed E-state index contributed by atoms with van der Waals surface area (Å²) in [6.45, 7) is 3.58. The number of hydrogen-bond donors (Lipinski definition) is 2. The fourth-order valence-electron chi connectivity index (χ4n) is 4.68. The number of pyridine rings is 1. The molecule has 1 aliphatic rings. The van der Waals surface area contributed by atoms with Crippen molar-refractivity contribution in [2.24, 2.45) is 5.92 Å². The van der Waals surface area contributed by atoms with Gasteiger partial charge < -0.3 is 10.6 Å². The number of rotatable bonds is 8. The van der Waals surface area contributed by atoms with Crippen LogP contribution < -0.4 is 10.6 Å². The Hall–Kier alpha value is -4.84. The number of aromatic nitrogens is 7. The van der Waals surface area contributed by atoms with Crippen molar-refractivity contribution in [3.05, 3.63) is 75.5 Å². The van der Waals surface area contributed by atoms with E-state index in [9.17, 15) is 22.8 Å². The van der Waals surface area contributed by atoms with Crippen LogP contribution in [-0.4, -0.2) is 60.3 Å². The third-order valence-electron chi connectivity index (χ3n) is 7.12. The zero-order valence-electron chi connectivity index (χ0n) is 23.9. The summed E-state index contributed by atoms with van der Waals surface area (Å²) in [4.78, 5) is 27.6. The van der Waals surface area contributed by atoms with E-state index in [4.69, 9.17) is 16.9 Å². The molecule has 1 fully saturated rings. The zero-order chi connectivity index (χ0) is 32.0. The molecule has 1 unspecified atom stereocenters. The van der Waals surface area contributed by atoms with Gasteiger partial charge in [0, 0.05) is 25.0 Å². The first-order chi connectivity index (χ1) is 21.0. The summed E-state index contributed by atoms with van der Waals surface area (Å²) in [6.07, 6.45) is 0.876.